The molecule has 0 fully saturated rings. The van der Waals surface area contributed by atoms with Crippen molar-refractivity contribution >= 4 is 55.4 Å². The average molecular weight is 353 g/mol. The quantitative estimate of drug-likeness (QED) is 0.360. The van der Waals surface area contributed by atoms with E-state index in [-0.39, 0.29) is 11.8 Å². The zero-order valence-corrected chi connectivity index (χ0v) is 14.8. The zero-order valence-electron chi connectivity index (χ0n) is 14.8. The molecule has 0 bridgehead atoms. The Kier molecular flexibility index (Phi) is 2.46. The summed E-state index contributed by atoms with van der Waals surface area (Å²) in [7, 11) is 0. The molecule has 0 unspecified atom stereocenters. The fraction of sp³-hybridized carbons (Fsp3) is 0.0909. The van der Waals surface area contributed by atoms with E-state index < -0.39 is 0 Å². The largest absolute Gasteiger partial charge is 0.353 e. The van der Waals surface area contributed by atoms with Gasteiger partial charge in [-0.15, -0.1) is 0 Å². The summed E-state index contributed by atoms with van der Waals surface area (Å²) in [6.45, 7) is 4.04. The molecule has 3 aromatic carbocycles. The van der Waals surface area contributed by atoms with E-state index in [1.807, 2.05) is 38.1 Å². The van der Waals surface area contributed by atoms with Crippen LogP contribution in [0, 0.1) is 13.8 Å². The molecule has 130 valence electrons. The van der Waals surface area contributed by atoms with Gasteiger partial charge in [0.1, 0.15) is 0 Å². The number of aromatic amines is 2. The van der Waals surface area contributed by atoms with Crippen LogP contribution in [0.2, 0.25) is 0 Å². The molecule has 5 aromatic rings. The molecule has 0 aliphatic carbocycles. The molecule has 2 amide bonds. The van der Waals surface area contributed by atoms with Gasteiger partial charge in [0.25, 0.3) is 11.8 Å². The van der Waals surface area contributed by atoms with E-state index in [4.69, 9.17) is 0 Å². The maximum atomic E-state index is 12.7. The van der Waals surface area contributed by atoms with Crippen LogP contribution < -0.4 is 5.32 Å². The van der Waals surface area contributed by atoms with Crippen LogP contribution in [0.3, 0.4) is 0 Å². The molecule has 2 aromatic heterocycles. The fourth-order valence-corrected chi connectivity index (χ4v) is 4.44. The predicted molar refractivity (Wildman–Crippen MR) is 106 cm³/mol. The number of carbonyl (C=O) groups excluding carboxylic acids is 2. The molecule has 27 heavy (non-hydrogen) atoms. The Morgan fingerprint density at radius 1 is 0.667 bits per heavy atom. The normalized spacial score (nSPS) is 14.0. The van der Waals surface area contributed by atoms with Crippen LogP contribution in [0.25, 0.3) is 43.6 Å². The summed E-state index contributed by atoms with van der Waals surface area (Å²) in [4.78, 5) is 32.4. The highest BCUT2D eigenvalue weighted by Gasteiger charge is 2.34. The summed E-state index contributed by atoms with van der Waals surface area (Å²) in [5.41, 5.74) is 6.79. The molecular formula is C22H15N3O2. The van der Waals surface area contributed by atoms with Gasteiger partial charge in [0, 0.05) is 32.6 Å². The lowest BCUT2D eigenvalue weighted by Crippen LogP contribution is -2.20. The molecule has 0 atom stereocenters. The van der Waals surface area contributed by atoms with E-state index in [1.165, 1.54) is 0 Å². The van der Waals surface area contributed by atoms with Gasteiger partial charge in [-0.3, -0.25) is 14.9 Å². The molecular weight excluding hydrogens is 338 g/mol. The highest BCUT2D eigenvalue weighted by atomic mass is 16.2. The predicted octanol–water partition coefficient (Wildman–Crippen LogP) is 4.46. The van der Waals surface area contributed by atoms with Crippen molar-refractivity contribution in [3.8, 4) is 0 Å². The van der Waals surface area contributed by atoms with Crippen molar-refractivity contribution in [3.05, 3.63) is 58.7 Å². The molecule has 0 spiro atoms. The Hall–Kier alpha value is -3.60. The molecule has 3 N–H and O–H groups in total. The van der Waals surface area contributed by atoms with Gasteiger partial charge in [0.2, 0.25) is 0 Å². The zero-order chi connectivity index (χ0) is 18.4. The molecule has 5 heteroatoms. The summed E-state index contributed by atoms with van der Waals surface area (Å²) < 4.78 is 0. The van der Waals surface area contributed by atoms with Crippen molar-refractivity contribution < 1.29 is 9.59 Å². The van der Waals surface area contributed by atoms with Crippen LogP contribution >= 0.6 is 0 Å². The van der Waals surface area contributed by atoms with Crippen LogP contribution in [-0.2, 0) is 0 Å². The summed E-state index contributed by atoms with van der Waals surface area (Å²) >= 11 is 0. The van der Waals surface area contributed by atoms with E-state index in [0.29, 0.717) is 11.1 Å². The van der Waals surface area contributed by atoms with Crippen LogP contribution in [0.5, 0.6) is 0 Å². The van der Waals surface area contributed by atoms with Gasteiger partial charge in [-0.2, -0.15) is 0 Å². The molecule has 3 heterocycles. The summed E-state index contributed by atoms with van der Waals surface area (Å²) in [6, 6.07) is 12.2. The molecule has 1 aliphatic heterocycles. The van der Waals surface area contributed by atoms with Gasteiger partial charge in [0.15, 0.2) is 0 Å². The highest BCUT2D eigenvalue weighted by Crippen LogP contribution is 2.42. The van der Waals surface area contributed by atoms with Crippen molar-refractivity contribution in [2.24, 2.45) is 0 Å². The van der Waals surface area contributed by atoms with Crippen molar-refractivity contribution in [1.82, 2.24) is 15.3 Å². The second-order valence-corrected chi connectivity index (χ2v) is 7.38. The number of amides is 2. The van der Waals surface area contributed by atoms with Gasteiger partial charge in [-0.25, -0.2) is 0 Å². The van der Waals surface area contributed by atoms with E-state index >= 15 is 0 Å². The second-order valence-electron chi connectivity index (χ2n) is 7.38. The third-order valence-electron chi connectivity index (χ3n) is 5.59. The number of aryl methyl sites for hydroxylation is 2. The number of H-pyrrole nitrogens is 2. The van der Waals surface area contributed by atoms with Gasteiger partial charge < -0.3 is 9.97 Å². The van der Waals surface area contributed by atoms with Crippen molar-refractivity contribution in [2.45, 2.75) is 13.8 Å². The summed E-state index contributed by atoms with van der Waals surface area (Å²) in [5, 5.41) is 6.04. The smallest absolute Gasteiger partial charge is 0.259 e. The summed E-state index contributed by atoms with van der Waals surface area (Å²) in [6.07, 6.45) is 0. The standard InChI is InChI=1S/C22H15N3O2/c1-9-3-5-13-11(7-9)15-17-18(22(27)25-21(17)26)16-12-8-10(2)4-6-14(12)24-20(16)19(15)23-13/h3-8,23-24H,1-2H3,(H,25,26,27). The lowest BCUT2D eigenvalue weighted by Gasteiger charge is -2.03. The molecule has 1 aliphatic rings. The number of carbonyl (C=O) groups is 2. The lowest BCUT2D eigenvalue weighted by molar-refractivity contribution is 0.0880. The second kappa shape index (κ2) is 4.57. The number of benzene rings is 3. The molecule has 0 saturated carbocycles. The Bertz CT molecular complexity index is 1390. The minimum atomic E-state index is -0.327. The molecule has 5 nitrogen and oxygen atoms in total. The third-order valence-corrected chi connectivity index (χ3v) is 5.59. The van der Waals surface area contributed by atoms with Crippen LogP contribution in [0.15, 0.2) is 36.4 Å². The van der Waals surface area contributed by atoms with Crippen molar-refractivity contribution in [1.29, 1.82) is 0 Å². The van der Waals surface area contributed by atoms with Gasteiger partial charge >= 0.3 is 0 Å². The van der Waals surface area contributed by atoms with Crippen molar-refractivity contribution in [3.63, 3.8) is 0 Å². The number of rotatable bonds is 0. The molecule has 0 saturated heterocycles. The minimum absolute atomic E-state index is 0.327. The number of hydrogen-bond donors (Lipinski definition) is 3. The number of hydrogen-bond acceptors (Lipinski definition) is 2. The molecule has 0 radical (unpaired) electrons. The Morgan fingerprint density at radius 2 is 1.11 bits per heavy atom. The highest BCUT2D eigenvalue weighted by molar-refractivity contribution is 6.39. The molecule has 6 rings (SSSR count). The first-order valence-corrected chi connectivity index (χ1v) is 8.88. The van der Waals surface area contributed by atoms with Gasteiger partial charge in [0.05, 0.1) is 22.2 Å². The average Bonchev–Trinajstić information content (AvgIpc) is 3.26. The number of fused-ring (bicyclic) bond motifs is 10. The van der Waals surface area contributed by atoms with Crippen LogP contribution in [0.4, 0.5) is 0 Å². The van der Waals surface area contributed by atoms with Gasteiger partial charge in [-0.1, -0.05) is 23.3 Å². The lowest BCUT2D eigenvalue weighted by atomic mass is 9.96. The third kappa shape index (κ3) is 1.68. The monoisotopic (exact) mass is 353 g/mol. The van der Waals surface area contributed by atoms with E-state index in [0.717, 1.165) is 54.7 Å². The Labute approximate surface area is 153 Å². The number of aromatic nitrogens is 2. The first-order chi connectivity index (χ1) is 13.0. The fourth-order valence-electron chi connectivity index (χ4n) is 4.44. The van der Waals surface area contributed by atoms with E-state index in [9.17, 15) is 9.59 Å². The minimum Gasteiger partial charge on any atom is -0.353 e. The van der Waals surface area contributed by atoms with E-state index in [1.54, 1.807) is 0 Å². The van der Waals surface area contributed by atoms with Crippen LogP contribution in [0.1, 0.15) is 31.8 Å². The SMILES string of the molecule is Cc1ccc2[nH]c3c4[nH]c5ccc(C)cc5c4c4c(c3c2c1)C(=O)NC4=O. The maximum Gasteiger partial charge on any atom is 0.259 e. The van der Waals surface area contributed by atoms with Gasteiger partial charge in [-0.05, 0) is 38.1 Å². The first-order valence-electron chi connectivity index (χ1n) is 8.88. The topological polar surface area (TPSA) is 77.8 Å². The van der Waals surface area contributed by atoms with Crippen molar-refractivity contribution in [2.75, 3.05) is 0 Å². The Balaban J connectivity index is 2.00. The summed E-state index contributed by atoms with van der Waals surface area (Å²) in [5.74, 6) is -0.655. The van der Waals surface area contributed by atoms with Crippen LogP contribution in [-0.4, -0.2) is 21.8 Å². The first kappa shape index (κ1) is 14.6. The Morgan fingerprint density at radius 3 is 1.56 bits per heavy atom. The maximum absolute atomic E-state index is 12.7. The number of imide groups is 1. The number of nitrogens with one attached hydrogen (secondary N) is 3. The van der Waals surface area contributed by atoms with E-state index in [2.05, 4.69) is 27.4 Å².